The molecule has 4 nitrogen and oxygen atoms in total. The number of rotatable bonds is 18. The Hall–Kier alpha value is 1.30. The van der Waals surface area contributed by atoms with Crippen molar-refractivity contribution < 1.29 is 66.4 Å². The number of hydrogen-bond donors (Lipinski definition) is 0. The van der Waals surface area contributed by atoms with Gasteiger partial charge in [-0.05, 0) is 60.8 Å². The minimum absolute atomic E-state index is 0. The molecule has 168 valence electrons. The Kier molecular flexibility index (Phi) is 25.1. The number of halogens is 2. The molecular weight excluding hydrogens is 566 g/mol. The lowest BCUT2D eigenvalue weighted by atomic mass is 10.2. The summed E-state index contributed by atoms with van der Waals surface area (Å²) in [7, 11) is 0. The van der Waals surface area contributed by atoms with Crippen LogP contribution in [0.4, 0.5) is 0 Å². The van der Waals surface area contributed by atoms with Crippen molar-refractivity contribution in [3.05, 3.63) is 0 Å². The topological polar surface area (TPSA) is 18.5 Å². The van der Waals surface area contributed by atoms with Crippen LogP contribution in [-0.2, 0) is 9.47 Å². The fourth-order valence-corrected chi connectivity index (χ4v) is 3.60. The second-order valence-corrected chi connectivity index (χ2v) is 7.31. The second-order valence-electron chi connectivity index (χ2n) is 7.31. The van der Waals surface area contributed by atoms with Crippen molar-refractivity contribution in [2.75, 3.05) is 78.8 Å². The summed E-state index contributed by atoms with van der Waals surface area (Å²) in [6.45, 7) is 26.9. The number of unbranched alkanes of at least 4 members (excludes halogenated alkanes) is 2. The Balaban J connectivity index is -0.00000288. The summed E-state index contributed by atoms with van der Waals surface area (Å²) < 4.78 is 14.1. The summed E-state index contributed by atoms with van der Waals surface area (Å²) in [4.78, 5) is 0. The molecule has 0 aromatic rings. The normalized spacial score (nSPS) is 11.8. The molecule has 27 heavy (non-hydrogen) atoms. The van der Waals surface area contributed by atoms with Gasteiger partial charge in [-0.2, -0.15) is 0 Å². The molecule has 0 aliphatic rings. The van der Waals surface area contributed by atoms with E-state index in [2.05, 4.69) is 41.5 Å². The van der Waals surface area contributed by atoms with E-state index in [-0.39, 0.29) is 48.0 Å². The van der Waals surface area contributed by atoms with Crippen molar-refractivity contribution in [2.45, 2.75) is 60.8 Å². The summed E-state index contributed by atoms with van der Waals surface area (Å²) in [6.07, 6.45) is 3.53. The van der Waals surface area contributed by atoms with Crippen LogP contribution in [0.25, 0.3) is 0 Å². The van der Waals surface area contributed by atoms with Gasteiger partial charge in [0, 0.05) is 13.2 Å². The van der Waals surface area contributed by atoms with E-state index in [0.29, 0.717) is 0 Å². The quantitative estimate of drug-likeness (QED) is 0.101. The fourth-order valence-electron chi connectivity index (χ4n) is 3.60. The monoisotopic (exact) mass is 614 g/mol. The number of quaternary nitrogens is 2. The first-order chi connectivity index (χ1) is 12.1. The van der Waals surface area contributed by atoms with Crippen LogP contribution in [-0.4, -0.2) is 87.8 Å². The van der Waals surface area contributed by atoms with Gasteiger partial charge in [-0.3, -0.25) is 0 Å². The highest BCUT2D eigenvalue weighted by Crippen LogP contribution is 2.07. The van der Waals surface area contributed by atoms with Gasteiger partial charge in [0.05, 0.1) is 52.5 Å². The molecule has 0 saturated carbocycles. The maximum absolute atomic E-state index is 5.85. The molecule has 6 heteroatoms. The average molecular weight is 614 g/mol. The first kappa shape index (κ1) is 33.0. The predicted molar refractivity (Wildman–Crippen MR) is 109 cm³/mol. The summed E-state index contributed by atoms with van der Waals surface area (Å²) in [6, 6.07) is 0. The van der Waals surface area contributed by atoms with Crippen LogP contribution < -0.4 is 48.0 Å². The standard InChI is InChI=1S/C21H48N2O2.2HI/c1-7-22(8-2,9-3)16-20-24-18-14-13-15-19-25-21-17-23(10-4,11-5)12-6;;/h7-21H2,1-6H3;2*1H/q+2;;/p-2. The van der Waals surface area contributed by atoms with E-state index in [9.17, 15) is 0 Å². The first-order valence-corrected chi connectivity index (χ1v) is 10.9. The van der Waals surface area contributed by atoms with Crippen LogP contribution in [0.3, 0.4) is 0 Å². The third-order valence-corrected chi connectivity index (χ3v) is 6.52. The Morgan fingerprint density at radius 1 is 0.444 bits per heavy atom. The van der Waals surface area contributed by atoms with Gasteiger partial charge in [-0.15, -0.1) is 0 Å². The van der Waals surface area contributed by atoms with E-state index in [1.807, 2.05) is 0 Å². The molecular formula is C21H48I2N2O2. The third kappa shape index (κ3) is 14.0. The summed E-state index contributed by atoms with van der Waals surface area (Å²) >= 11 is 0. The van der Waals surface area contributed by atoms with Gasteiger partial charge in [0.25, 0.3) is 0 Å². The lowest BCUT2D eigenvalue weighted by Crippen LogP contribution is -3.00. The van der Waals surface area contributed by atoms with Crippen LogP contribution in [0.5, 0.6) is 0 Å². The van der Waals surface area contributed by atoms with Crippen LogP contribution in [0.15, 0.2) is 0 Å². The van der Waals surface area contributed by atoms with Crippen LogP contribution >= 0.6 is 0 Å². The highest BCUT2D eigenvalue weighted by molar-refractivity contribution is 4.44. The number of likely N-dealkylation sites (N-methyl/N-ethyl adjacent to an activating group) is 2. The van der Waals surface area contributed by atoms with Gasteiger partial charge in [0.2, 0.25) is 0 Å². The SMILES string of the molecule is CC[N+](CC)(CC)CCOCCCCCOCC[N+](CC)(CC)CC.[I-].[I-]. The lowest BCUT2D eigenvalue weighted by Gasteiger charge is -2.35. The first-order valence-electron chi connectivity index (χ1n) is 10.9. The molecule has 0 aliphatic carbocycles. The van der Waals surface area contributed by atoms with Crippen molar-refractivity contribution in [1.82, 2.24) is 0 Å². The molecule has 0 aromatic heterocycles. The molecule has 0 rings (SSSR count). The van der Waals surface area contributed by atoms with Gasteiger partial charge < -0.3 is 66.4 Å². The van der Waals surface area contributed by atoms with Crippen molar-refractivity contribution in [2.24, 2.45) is 0 Å². The van der Waals surface area contributed by atoms with E-state index < -0.39 is 0 Å². The van der Waals surface area contributed by atoms with Gasteiger partial charge >= 0.3 is 0 Å². The van der Waals surface area contributed by atoms with E-state index >= 15 is 0 Å². The lowest BCUT2D eigenvalue weighted by molar-refractivity contribution is -0.923. The smallest absolute Gasteiger partial charge is 0.102 e. The van der Waals surface area contributed by atoms with Crippen molar-refractivity contribution in [3.63, 3.8) is 0 Å². The molecule has 0 spiro atoms. The van der Waals surface area contributed by atoms with Gasteiger partial charge in [0.1, 0.15) is 13.1 Å². The van der Waals surface area contributed by atoms with Gasteiger partial charge in [-0.1, -0.05) is 0 Å². The zero-order chi connectivity index (χ0) is 19.0. The molecule has 0 heterocycles. The van der Waals surface area contributed by atoms with E-state index in [0.717, 1.165) is 52.4 Å². The molecule has 0 atom stereocenters. The fraction of sp³-hybridized carbons (Fsp3) is 1.00. The molecule has 0 unspecified atom stereocenters. The summed E-state index contributed by atoms with van der Waals surface area (Å²) in [5.41, 5.74) is 0. The Morgan fingerprint density at radius 3 is 1.00 bits per heavy atom. The minimum Gasteiger partial charge on any atom is -1.00 e. The summed E-state index contributed by atoms with van der Waals surface area (Å²) in [5.74, 6) is 0. The van der Waals surface area contributed by atoms with Crippen molar-refractivity contribution in [1.29, 1.82) is 0 Å². The predicted octanol–water partition coefficient (Wildman–Crippen LogP) is -2.05. The summed E-state index contributed by atoms with van der Waals surface area (Å²) in [5, 5.41) is 0. The third-order valence-electron chi connectivity index (χ3n) is 6.52. The Labute approximate surface area is 204 Å². The number of nitrogens with zero attached hydrogens (tertiary/aromatic N) is 2. The van der Waals surface area contributed by atoms with Crippen LogP contribution in [0, 0.1) is 0 Å². The second kappa shape index (κ2) is 20.6. The molecule has 0 radical (unpaired) electrons. The van der Waals surface area contributed by atoms with E-state index in [4.69, 9.17) is 9.47 Å². The molecule has 0 N–H and O–H groups in total. The Morgan fingerprint density at radius 2 is 0.741 bits per heavy atom. The molecule has 0 saturated heterocycles. The Bertz CT molecular complexity index is 255. The zero-order valence-electron chi connectivity index (χ0n) is 19.1. The maximum Gasteiger partial charge on any atom is 0.102 e. The largest absolute Gasteiger partial charge is 1.00 e. The number of ether oxygens (including phenoxy) is 2. The highest BCUT2D eigenvalue weighted by Gasteiger charge is 2.20. The molecule has 0 bridgehead atoms. The molecule has 0 fully saturated rings. The van der Waals surface area contributed by atoms with Gasteiger partial charge in [-0.25, -0.2) is 0 Å². The maximum atomic E-state index is 5.85. The van der Waals surface area contributed by atoms with E-state index in [1.54, 1.807) is 0 Å². The minimum atomic E-state index is 0. The van der Waals surface area contributed by atoms with E-state index in [1.165, 1.54) is 54.7 Å². The van der Waals surface area contributed by atoms with Crippen molar-refractivity contribution in [3.8, 4) is 0 Å². The molecule has 0 amide bonds. The number of hydrogen-bond acceptors (Lipinski definition) is 2. The highest BCUT2D eigenvalue weighted by atomic mass is 127. The van der Waals surface area contributed by atoms with Gasteiger partial charge in [0.15, 0.2) is 0 Å². The van der Waals surface area contributed by atoms with Crippen LogP contribution in [0.1, 0.15) is 60.8 Å². The molecule has 0 aromatic carbocycles. The molecule has 0 aliphatic heterocycles. The zero-order valence-corrected chi connectivity index (χ0v) is 23.4. The van der Waals surface area contributed by atoms with Crippen molar-refractivity contribution >= 4 is 0 Å². The average Bonchev–Trinajstić information content (AvgIpc) is 2.67. The van der Waals surface area contributed by atoms with Crippen LogP contribution in [0.2, 0.25) is 0 Å².